The summed E-state index contributed by atoms with van der Waals surface area (Å²) < 4.78 is 299. The molecule has 0 bridgehead atoms. The van der Waals surface area contributed by atoms with E-state index in [1.54, 1.807) is 0 Å². The molecule has 0 N–H and O–H groups in total. The second-order valence-corrected chi connectivity index (χ2v) is 13.4. The van der Waals surface area contributed by atoms with E-state index in [0.29, 0.717) is 0 Å². The quantitative estimate of drug-likeness (QED) is 0.0670. The number of halogens is 20. The Bertz CT molecular complexity index is 1750. The van der Waals surface area contributed by atoms with E-state index in [2.05, 4.69) is 33.3 Å². The third-order valence-electron chi connectivity index (χ3n) is 7.12. The molecule has 0 heterocycles. The summed E-state index contributed by atoms with van der Waals surface area (Å²) in [5, 5.41) is 0. The van der Waals surface area contributed by atoms with Crippen LogP contribution in [0, 0.1) is 116 Å². The third-order valence-corrected chi connectivity index (χ3v) is 7.96. The van der Waals surface area contributed by atoms with Gasteiger partial charge >= 0.3 is 0 Å². The minimum absolute atomic E-state index is 0.0343. The van der Waals surface area contributed by atoms with Crippen molar-refractivity contribution in [3.63, 3.8) is 0 Å². The monoisotopic (exact) mass is 814 g/mol. The normalized spacial score (nSPS) is 12.1. The summed E-state index contributed by atoms with van der Waals surface area (Å²) in [5.74, 6) is -71.4. The van der Waals surface area contributed by atoms with Crippen molar-refractivity contribution in [2.75, 3.05) is 12.5 Å². The van der Waals surface area contributed by atoms with Crippen LogP contribution in [-0.4, -0.2) is 24.3 Å². The van der Waals surface area contributed by atoms with Crippen LogP contribution in [-0.2, 0) is 15.4 Å². The minimum atomic E-state index is -7.22. The zero-order chi connectivity index (χ0) is 41.1. The van der Waals surface area contributed by atoms with Gasteiger partial charge in [0.25, 0.3) is 0 Å². The largest absolute Gasteiger partial charge is 0.207 e. The summed E-state index contributed by atoms with van der Waals surface area (Å²) >= 11 is 0.115. The van der Waals surface area contributed by atoms with Crippen LogP contribution in [0.15, 0.2) is 0 Å². The second kappa shape index (κ2) is 14.9. The molecule has 0 unspecified atom stereocenters. The van der Waals surface area contributed by atoms with Gasteiger partial charge in [0, 0.05) is 0 Å². The average molecular weight is 814 g/mol. The maximum absolute atomic E-state index is 15.4. The molecule has 53 heavy (non-hydrogen) atoms. The lowest BCUT2D eigenvalue weighted by molar-refractivity contribution is 0.159. The molecule has 0 aromatic heterocycles. The molecule has 0 saturated heterocycles. The van der Waals surface area contributed by atoms with Gasteiger partial charge in [-0.1, -0.05) is 0 Å². The lowest BCUT2D eigenvalue weighted by Crippen LogP contribution is -2.81. The van der Waals surface area contributed by atoms with Crippen molar-refractivity contribution < 1.29 is 92.0 Å². The van der Waals surface area contributed by atoms with Crippen molar-refractivity contribution >= 4 is 39.2 Å². The van der Waals surface area contributed by atoms with Crippen molar-refractivity contribution in [3.8, 4) is 0 Å². The van der Waals surface area contributed by atoms with E-state index in [1.807, 2.05) is 0 Å². The summed E-state index contributed by atoms with van der Waals surface area (Å²) in [5.41, 5.74) is -14.3. The Morgan fingerprint density at radius 1 is 0.302 bits per heavy atom. The van der Waals surface area contributed by atoms with Crippen molar-refractivity contribution in [2.45, 2.75) is 26.4 Å². The third kappa shape index (κ3) is 6.89. The minimum Gasteiger partial charge on any atom is -0.207 e. The van der Waals surface area contributed by atoms with E-state index in [9.17, 15) is 52.7 Å². The van der Waals surface area contributed by atoms with Crippen LogP contribution in [0.5, 0.6) is 0 Å². The van der Waals surface area contributed by atoms with Crippen LogP contribution < -0.4 is 21.9 Å². The van der Waals surface area contributed by atoms with E-state index in [1.165, 1.54) is 0 Å². The number of rotatable bonds is 5. The predicted octanol–water partition coefficient (Wildman–Crippen LogP) is 7.44. The lowest BCUT2D eigenvalue weighted by atomic mass is 9.12. The molecular formula is C30H15BF20OS. The fraction of sp³-hybridized carbons (Fsp3) is 0.200. The Balaban J connectivity index is 0.000000846. The van der Waals surface area contributed by atoms with Crippen LogP contribution in [0.2, 0.25) is 0 Å². The SMILES string of the molecule is C[S+](C)OC(C)(C)C.Fc1c(F)c(F)c([B-](c2c(F)c(F)c(F)c(F)c2F)(c2c(F)c(F)c(F)c(F)c2F)c2c(F)c(F)c(F)c(F)c2F)c(F)c1F. The van der Waals surface area contributed by atoms with Crippen LogP contribution in [0.1, 0.15) is 20.8 Å². The highest BCUT2D eigenvalue weighted by atomic mass is 32.2. The summed E-state index contributed by atoms with van der Waals surface area (Å²) in [6.45, 7) is 6.21. The van der Waals surface area contributed by atoms with E-state index in [4.69, 9.17) is 4.18 Å². The van der Waals surface area contributed by atoms with Gasteiger partial charge < -0.3 is 0 Å². The molecule has 4 aromatic carbocycles. The van der Waals surface area contributed by atoms with Crippen molar-refractivity contribution in [3.05, 3.63) is 116 Å². The zero-order valence-electron chi connectivity index (χ0n) is 26.5. The topological polar surface area (TPSA) is 9.23 Å². The molecular weight excluding hydrogens is 799 g/mol. The fourth-order valence-corrected chi connectivity index (χ4v) is 6.37. The maximum atomic E-state index is 15.4. The van der Waals surface area contributed by atoms with Crippen LogP contribution in [0.25, 0.3) is 0 Å². The fourth-order valence-electron chi connectivity index (χ4n) is 5.37. The second-order valence-electron chi connectivity index (χ2n) is 11.7. The van der Waals surface area contributed by atoms with Crippen LogP contribution >= 0.6 is 0 Å². The predicted molar refractivity (Wildman–Crippen MR) is 149 cm³/mol. The molecule has 0 spiro atoms. The van der Waals surface area contributed by atoms with Gasteiger partial charge in [-0.3, -0.25) is 0 Å². The molecule has 1 nitrogen and oxygen atoms in total. The van der Waals surface area contributed by atoms with E-state index >= 15 is 35.1 Å². The molecule has 0 atom stereocenters. The molecule has 0 aliphatic rings. The van der Waals surface area contributed by atoms with Crippen molar-refractivity contribution in [1.82, 2.24) is 0 Å². The van der Waals surface area contributed by atoms with Gasteiger partial charge in [0.05, 0.1) is 0 Å². The molecule has 0 aliphatic heterocycles. The highest BCUT2D eigenvalue weighted by Crippen LogP contribution is 2.30. The molecule has 0 saturated carbocycles. The highest BCUT2D eigenvalue weighted by Gasteiger charge is 2.52. The van der Waals surface area contributed by atoms with Crippen LogP contribution in [0.3, 0.4) is 0 Å². The smallest absolute Gasteiger partial charge is 0.200 e. The van der Waals surface area contributed by atoms with Gasteiger partial charge in [-0.15, -0.1) is 21.9 Å². The first kappa shape index (κ1) is 43.3. The molecule has 4 rings (SSSR count). The molecule has 0 fully saturated rings. The first-order valence-corrected chi connectivity index (χ1v) is 15.6. The average Bonchev–Trinajstić information content (AvgIpc) is 3.07. The first-order valence-electron chi connectivity index (χ1n) is 13.6. The lowest BCUT2D eigenvalue weighted by Gasteiger charge is -2.44. The Kier molecular flexibility index (Phi) is 12.2. The van der Waals surface area contributed by atoms with Gasteiger partial charge in [0.2, 0.25) is 0 Å². The Hall–Kier alpha value is -4.15. The molecule has 0 amide bonds. The molecule has 23 heteroatoms. The Morgan fingerprint density at radius 2 is 0.434 bits per heavy atom. The molecule has 4 aromatic rings. The summed E-state index contributed by atoms with van der Waals surface area (Å²) in [4.78, 5) is 0. The maximum Gasteiger partial charge on any atom is 0.200 e. The number of hydrogen-bond acceptors (Lipinski definition) is 1. The van der Waals surface area contributed by atoms with E-state index in [0.717, 1.165) is 0 Å². The van der Waals surface area contributed by atoms with E-state index < -0.39 is 144 Å². The van der Waals surface area contributed by atoms with Gasteiger partial charge in [-0.25, -0.2) is 87.8 Å². The van der Waals surface area contributed by atoms with Gasteiger partial charge in [0.15, 0.2) is 69.8 Å². The molecule has 0 aliphatic carbocycles. The summed E-state index contributed by atoms with van der Waals surface area (Å²) in [6, 6.07) is 0. The van der Waals surface area contributed by atoms with Crippen molar-refractivity contribution in [2.24, 2.45) is 0 Å². The van der Waals surface area contributed by atoms with E-state index in [-0.39, 0.29) is 16.8 Å². The highest BCUT2D eigenvalue weighted by molar-refractivity contribution is 7.91. The van der Waals surface area contributed by atoms with Crippen molar-refractivity contribution in [1.29, 1.82) is 0 Å². The standard InChI is InChI=1S/C24BF20.C6H15OS/c26-5-1(6(27)14(35)21(42)13(5)34)25(2-7(28)15(36)22(43)16(37)8(2)29,3-9(30)17(38)23(44)18(39)10(3)31)4-11(32)19(40)24(45)20(41)12(4)33;1-6(2,3)7-8(4)5/h;1-5H3/q-1;+1. The Labute approximate surface area is 286 Å². The molecule has 290 valence electrons. The number of hydrogen-bond donors (Lipinski definition) is 0. The number of benzene rings is 4. The summed E-state index contributed by atoms with van der Waals surface area (Å²) in [7, 11) is 0. The van der Waals surface area contributed by atoms with Crippen LogP contribution in [0.4, 0.5) is 87.8 Å². The molecule has 0 radical (unpaired) electrons. The zero-order valence-corrected chi connectivity index (χ0v) is 27.3. The van der Waals surface area contributed by atoms with Gasteiger partial charge in [-0.2, -0.15) is 4.18 Å². The first-order chi connectivity index (χ1) is 24.1. The Morgan fingerprint density at radius 3 is 0.528 bits per heavy atom. The van der Waals surface area contributed by atoms with Gasteiger partial charge in [-0.05, 0) is 20.8 Å². The summed E-state index contributed by atoms with van der Waals surface area (Å²) in [6.07, 6.45) is -3.07. The van der Waals surface area contributed by atoms with Gasteiger partial charge in [0.1, 0.15) is 82.0 Å².